The Morgan fingerprint density at radius 1 is 1.40 bits per heavy atom. The first-order valence-corrected chi connectivity index (χ1v) is 3.61. The van der Waals surface area contributed by atoms with Gasteiger partial charge in [-0.2, -0.15) is 0 Å². The molecular formula is C7H11NO2. The quantitative estimate of drug-likeness (QED) is 0.490. The van der Waals surface area contributed by atoms with Gasteiger partial charge in [-0.1, -0.05) is 0 Å². The Kier molecular flexibility index (Phi) is 1.47. The summed E-state index contributed by atoms with van der Waals surface area (Å²) in [6, 6.07) is 0.187. The molecular weight excluding hydrogens is 130 g/mol. The Hall–Kier alpha value is -0.410. The Bertz CT molecular complexity index is 149. The summed E-state index contributed by atoms with van der Waals surface area (Å²) in [7, 11) is 0. The van der Waals surface area contributed by atoms with E-state index < -0.39 is 0 Å². The van der Waals surface area contributed by atoms with Crippen molar-refractivity contribution in [2.24, 2.45) is 4.99 Å². The monoisotopic (exact) mass is 141 g/mol. The summed E-state index contributed by atoms with van der Waals surface area (Å²) in [5.74, 6) is 0. The van der Waals surface area contributed by atoms with Crippen molar-refractivity contribution < 1.29 is 9.47 Å². The third-order valence-electron chi connectivity index (χ3n) is 2.17. The molecule has 2 unspecified atom stereocenters. The molecule has 0 saturated carbocycles. The van der Waals surface area contributed by atoms with Gasteiger partial charge in [-0.25, -0.2) is 0 Å². The van der Waals surface area contributed by atoms with Crippen LogP contribution in [0.1, 0.15) is 6.42 Å². The third kappa shape index (κ3) is 0.777. The number of hydrogen-bond donors (Lipinski definition) is 0. The molecule has 0 aromatic heterocycles. The topological polar surface area (TPSA) is 30.8 Å². The highest BCUT2D eigenvalue weighted by Gasteiger charge is 2.41. The van der Waals surface area contributed by atoms with Crippen molar-refractivity contribution in [2.45, 2.75) is 24.7 Å². The zero-order valence-electron chi connectivity index (χ0n) is 5.82. The van der Waals surface area contributed by atoms with Crippen molar-refractivity contribution in [3.05, 3.63) is 0 Å². The van der Waals surface area contributed by atoms with Crippen LogP contribution in [-0.2, 0) is 9.47 Å². The highest BCUT2D eigenvalue weighted by molar-refractivity contribution is 5.25. The minimum atomic E-state index is 0.187. The first-order chi connectivity index (χ1) is 4.92. The molecule has 2 heterocycles. The van der Waals surface area contributed by atoms with Crippen molar-refractivity contribution in [1.82, 2.24) is 0 Å². The Morgan fingerprint density at radius 2 is 2.30 bits per heavy atom. The highest BCUT2D eigenvalue weighted by atomic mass is 16.6. The number of aliphatic imine (C=N–C) groups is 1. The van der Waals surface area contributed by atoms with Crippen LogP contribution in [0.25, 0.3) is 0 Å². The second-order valence-electron chi connectivity index (χ2n) is 2.75. The summed E-state index contributed by atoms with van der Waals surface area (Å²) in [6.45, 7) is 5.01. The van der Waals surface area contributed by atoms with Crippen LogP contribution in [0, 0.1) is 0 Å². The summed E-state index contributed by atoms with van der Waals surface area (Å²) in [5, 5.41) is 0. The molecule has 56 valence electrons. The van der Waals surface area contributed by atoms with E-state index in [0.29, 0.717) is 12.7 Å². The van der Waals surface area contributed by atoms with Crippen LogP contribution in [0.2, 0.25) is 0 Å². The van der Waals surface area contributed by atoms with E-state index in [1.807, 2.05) is 0 Å². The Balaban J connectivity index is 2.07. The van der Waals surface area contributed by atoms with Gasteiger partial charge >= 0.3 is 0 Å². The lowest BCUT2D eigenvalue weighted by molar-refractivity contribution is 0.0711. The van der Waals surface area contributed by atoms with Gasteiger partial charge < -0.3 is 9.47 Å². The minimum Gasteiger partial charge on any atom is -0.373 e. The molecule has 2 aliphatic heterocycles. The van der Waals surface area contributed by atoms with E-state index in [1.54, 1.807) is 0 Å². The van der Waals surface area contributed by atoms with Crippen LogP contribution in [0.3, 0.4) is 0 Å². The fraction of sp³-hybridized carbons (Fsp3) is 0.857. The van der Waals surface area contributed by atoms with Gasteiger partial charge in [0.25, 0.3) is 0 Å². The van der Waals surface area contributed by atoms with E-state index in [4.69, 9.17) is 9.47 Å². The van der Waals surface area contributed by atoms with E-state index >= 15 is 0 Å². The third-order valence-corrected chi connectivity index (χ3v) is 2.17. The van der Waals surface area contributed by atoms with Crippen LogP contribution >= 0.6 is 0 Å². The number of hydrogen-bond acceptors (Lipinski definition) is 3. The standard InChI is InChI=1S/C7H11NO2/c1-8-5-4-10-6-2-3-9-7(5)6/h5-7H,1-4H2/t5-,6?,7?/m0/s1. The van der Waals surface area contributed by atoms with Crippen LogP contribution in [0.5, 0.6) is 0 Å². The molecule has 2 saturated heterocycles. The van der Waals surface area contributed by atoms with Gasteiger partial charge in [-0.3, -0.25) is 4.99 Å². The van der Waals surface area contributed by atoms with Crippen LogP contribution in [0.4, 0.5) is 0 Å². The number of fused-ring (bicyclic) bond motifs is 1. The first kappa shape index (κ1) is 6.31. The van der Waals surface area contributed by atoms with E-state index in [9.17, 15) is 0 Å². The van der Waals surface area contributed by atoms with Gasteiger partial charge in [-0.15, -0.1) is 0 Å². The van der Waals surface area contributed by atoms with Crippen molar-refractivity contribution in [3.8, 4) is 0 Å². The molecule has 0 amide bonds. The molecule has 2 rings (SSSR count). The lowest BCUT2D eigenvalue weighted by Gasteiger charge is -2.09. The maximum Gasteiger partial charge on any atom is 0.108 e. The highest BCUT2D eigenvalue weighted by Crippen LogP contribution is 2.27. The number of nitrogens with zero attached hydrogens (tertiary/aromatic N) is 1. The lowest BCUT2D eigenvalue weighted by atomic mass is 10.1. The fourth-order valence-electron chi connectivity index (χ4n) is 1.60. The smallest absolute Gasteiger partial charge is 0.108 e. The predicted octanol–water partition coefficient (Wildman–Crippen LogP) is 0.243. The molecule has 0 bridgehead atoms. The molecule has 0 aromatic rings. The van der Waals surface area contributed by atoms with E-state index in [0.717, 1.165) is 13.0 Å². The van der Waals surface area contributed by atoms with E-state index in [1.165, 1.54) is 0 Å². The van der Waals surface area contributed by atoms with Crippen LogP contribution in [0.15, 0.2) is 4.99 Å². The lowest BCUT2D eigenvalue weighted by Crippen LogP contribution is -2.25. The molecule has 0 N–H and O–H groups in total. The molecule has 10 heavy (non-hydrogen) atoms. The molecule has 3 atom stereocenters. The van der Waals surface area contributed by atoms with Crippen molar-refractivity contribution in [3.63, 3.8) is 0 Å². The normalized spacial score (nSPS) is 45.4. The number of ether oxygens (including phenoxy) is 2. The first-order valence-electron chi connectivity index (χ1n) is 3.61. The minimum absolute atomic E-state index is 0.187. The van der Waals surface area contributed by atoms with Gasteiger partial charge in [0.15, 0.2) is 0 Å². The van der Waals surface area contributed by atoms with Crippen LogP contribution in [-0.4, -0.2) is 38.2 Å². The molecule has 0 aliphatic carbocycles. The molecule has 3 heteroatoms. The second-order valence-corrected chi connectivity index (χ2v) is 2.75. The van der Waals surface area contributed by atoms with Crippen molar-refractivity contribution in [2.75, 3.05) is 13.2 Å². The van der Waals surface area contributed by atoms with Gasteiger partial charge in [0.1, 0.15) is 12.1 Å². The van der Waals surface area contributed by atoms with Gasteiger partial charge in [0.2, 0.25) is 0 Å². The van der Waals surface area contributed by atoms with Crippen molar-refractivity contribution >= 4 is 6.72 Å². The summed E-state index contributed by atoms with van der Waals surface area (Å²) < 4.78 is 10.8. The molecule has 0 spiro atoms. The SMILES string of the molecule is C=N[C@H]1COC2CCOC21. The van der Waals surface area contributed by atoms with Gasteiger partial charge in [0.05, 0.1) is 12.7 Å². The average Bonchev–Trinajstić information content (AvgIpc) is 2.44. The zero-order chi connectivity index (χ0) is 6.97. The molecule has 0 aromatic carbocycles. The van der Waals surface area contributed by atoms with Crippen LogP contribution < -0.4 is 0 Å². The maximum absolute atomic E-state index is 5.42. The van der Waals surface area contributed by atoms with Gasteiger partial charge in [-0.05, 0) is 13.1 Å². The molecule has 2 fully saturated rings. The number of rotatable bonds is 1. The van der Waals surface area contributed by atoms with Gasteiger partial charge in [0, 0.05) is 6.61 Å². The van der Waals surface area contributed by atoms with E-state index in [-0.39, 0.29) is 12.1 Å². The summed E-state index contributed by atoms with van der Waals surface area (Å²) in [4.78, 5) is 3.93. The zero-order valence-corrected chi connectivity index (χ0v) is 5.82. The second kappa shape index (κ2) is 2.32. The van der Waals surface area contributed by atoms with E-state index in [2.05, 4.69) is 11.7 Å². The largest absolute Gasteiger partial charge is 0.373 e. The summed E-state index contributed by atoms with van der Waals surface area (Å²) in [6.07, 6.45) is 1.53. The van der Waals surface area contributed by atoms with Crippen molar-refractivity contribution in [1.29, 1.82) is 0 Å². The molecule has 2 aliphatic rings. The Labute approximate surface area is 60.0 Å². The summed E-state index contributed by atoms with van der Waals surface area (Å²) >= 11 is 0. The predicted molar refractivity (Wildman–Crippen MR) is 37.4 cm³/mol. The summed E-state index contributed by atoms with van der Waals surface area (Å²) in [5.41, 5.74) is 0. The molecule has 3 nitrogen and oxygen atoms in total. The average molecular weight is 141 g/mol. The fourth-order valence-corrected chi connectivity index (χ4v) is 1.60. The Morgan fingerprint density at radius 3 is 3.10 bits per heavy atom. The molecule has 0 radical (unpaired) electrons. The maximum atomic E-state index is 5.42.